The molecule has 0 aromatic heterocycles. The van der Waals surface area contributed by atoms with Gasteiger partial charge in [-0.2, -0.15) is 0 Å². The molecule has 1 unspecified atom stereocenters. The van der Waals surface area contributed by atoms with E-state index in [9.17, 15) is 4.79 Å². The highest BCUT2D eigenvalue weighted by molar-refractivity contribution is 5.85. The number of nitrogens with one attached hydrogen (secondary N) is 1. The largest absolute Gasteiger partial charge is 0.449 e. The van der Waals surface area contributed by atoms with Crippen LogP contribution in [-0.4, -0.2) is 12.7 Å². The molecule has 0 fully saturated rings. The smallest absolute Gasteiger partial charge is 0.411 e. The number of benzene rings is 1. The Hall–Kier alpha value is -1.71. The molecule has 1 aromatic carbocycles. The summed E-state index contributed by atoms with van der Waals surface area (Å²) in [7, 11) is 0. The van der Waals surface area contributed by atoms with Gasteiger partial charge in [-0.25, -0.2) is 4.79 Å². The van der Waals surface area contributed by atoms with Crippen LogP contribution in [0.2, 0.25) is 0 Å². The average molecular weight is 264 g/mol. The third kappa shape index (κ3) is 6.13. The highest BCUT2D eigenvalue weighted by Crippen LogP contribution is 2.14. The van der Waals surface area contributed by atoms with Crippen molar-refractivity contribution < 1.29 is 9.53 Å². The second-order valence-electron chi connectivity index (χ2n) is 4.77. The molecular weight excluding hydrogens is 240 g/mol. The van der Waals surface area contributed by atoms with Gasteiger partial charge in [0.05, 0.1) is 6.61 Å². The molecule has 0 heterocycles. The SMILES string of the molecule is CCCCC(CC)COC(=O)Nc1cccc(N)c1. The molecule has 4 heteroatoms. The molecule has 0 bridgehead atoms. The Bertz CT molecular complexity index is 393. The lowest BCUT2D eigenvalue weighted by Crippen LogP contribution is -2.18. The molecule has 3 N–H and O–H groups in total. The number of anilines is 2. The Morgan fingerprint density at radius 3 is 2.84 bits per heavy atom. The third-order valence-electron chi connectivity index (χ3n) is 3.13. The number of nitrogens with two attached hydrogens (primary N) is 1. The minimum absolute atomic E-state index is 0.416. The van der Waals surface area contributed by atoms with Crippen molar-refractivity contribution in [1.82, 2.24) is 0 Å². The van der Waals surface area contributed by atoms with E-state index in [4.69, 9.17) is 10.5 Å². The summed E-state index contributed by atoms with van der Waals surface area (Å²) in [6.45, 7) is 4.77. The second-order valence-corrected chi connectivity index (χ2v) is 4.77. The van der Waals surface area contributed by atoms with Crippen LogP contribution in [0.5, 0.6) is 0 Å². The van der Waals surface area contributed by atoms with Gasteiger partial charge in [0.25, 0.3) is 0 Å². The van der Waals surface area contributed by atoms with Gasteiger partial charge in [0.2, 0.25) is 0 Å². The quantitative estimate of drug-likeness (QED) is 0.731. The first-order valence-electron chi connectivity index (χ1n) is 6.95. The highest BCUT2D eigenvalue weighted by atomic mass is 16.5. The molecule has 0 spiro atoms. The van der Waals surface area contributed by atoms with Gasteiger partial charge in [-0.1, -0.05) is 39.2 Å². The zero-order valence-electron chi connectivity index (χ0n) is 11.8. The zero-order chi connectivity index (χ0) is 14.1. The van der Waals surface area contributed by atoms with E-state index < -0.39 is 6.09 Å². The fourth-order valence-corrected chi connectivity index (χ4v) is 1.86. The first-order valence-corrected chi connectivity index (χ1v) is 6.95. The van der Waals surface area contributed by atoms with Crippen LogP contribution in [0.25, 0.3) is 0 Å². The number of carbonyl (C=O) groups is 1. The van der Waals surface area contributed by atoms with Crippen LogP contribution in [0.15, 0.2) is 24.3 Å². The van der Waals surface area contributed by atoms with Crippen LogP contribution in [0.4, 0.5) is 16.2 Å². The van der Waals surface area contributed by atoms with Crippen LogP contribution in [0.1, 0.15) is 39.5 Å². The zero-order valence-corrected chi connectivity index (χ0v) is 11.8. The molecule has 0 aliphatic heterocycles. The van der Waals surface area contributed by atoms with E-state index in [1.54, 1.807) is 24.3 Å². The van der Waals surface area contributed by atoms with Crippen molar-refractivity contribution >= 4 is 17.5 Å². The molecule has 106 valence electrons. The van der Waals surface area contributed by atoms with Crippen LogP contribution < -0.4 is 11.1 Å². The Morgan fingerprint density at radius 1 is 1.42 bits per heavy atom. The molecule has 1 rings (SSSR count). The summed E-state index contributed by atoms with van der Waals surface area (Å²) in [5, 5.41) is 2.68. The molecule has 1 amide bonds. The van der Waals surface area contributed by atoms with E-state index in [1.165, 1.54) is 12.8 Å². The fraction of sp³-hybridized carbons (Fsp3) is 0.533. The Labute approximate surface area is 115 Å². The summed E-state index contributed by atoms with van der Waals surface area (Å²) < 4.78 is 5.25. The molecule has 0 aliphatic carbocycles. The number of amides is 1. The normalized spacial score (nSPS) is 11.9. The molecule has 1 aromatic rings. The van der Waals surface area contributed by atoms with E-state index in [1.807, 2.05) is 0 Å². The minimum atomic E-state index is -0.416. The van der Waals surface area contributed by atoms with Crippen molar-refractivity contribution in [2.75, 3.05) is 17.7 Å². The van der Waals surface area contributed by atoms with E-state index >= 15 is 0 Å². The van der Waals surface area contributed by atoms with Gasteiger partial charge in [0.1, 0.15) is 0 Å². The number of unbranched alkanes of at least 4 members (excludes halogenated alkanes) is 1. The number of hydrogen-bond donors (Lipinski definition) is 2. The monoisotopic (exact) mass is 264 g/mol. The number of carbonyl (C=O) groups excluding carboxylic acids is 1. The van der Waals surface area contributed by atoms with Crippen LogP contribution >= 0.6 is 0 Å². The van der Waals surface area contributed by atoms with Crippen molar-refractivity contribution in [3.8, 4) is 0 Å². The topological polar surface area (TPSA) is 64.3 Å². The maximum absolute atomic E-state index is 11.6. The maximum Gasteiger partial charge on any atom is 0.411 e. The standard InChI is InChI=1S/C15H24N2O2/c1-3-5-7-12(4-2)11-19-15(18)17-14-9-6-8-13(16)10-14/h6,8-10,12H,3-5,7,11,16H2,1-2H3,(H,17,18). The number of hydrogen-bond acceptors (Lipinski definition) is 3. The molecule has 19 heavy (non-hydrogen) atoms. The summed E-state index contributed by atoms with van der Waals surface area (Å²) in [5.74, 6) is 0.451. The predicted molar refractivity (Wildman–Crippen MR) is 79.1 cm³/mol. The van der Waals surface area contributed by atoms with Gasteiger partial charge >= 0.3 is 6.09 Å². The molecule has 0 saturated heterocycles. The minimum Gasteiger partial charge on any atom is -0.449 e. The van der Waals surface area contributed by atoms with Crippen molar-refractivity contribution in [2.24, 2.45) is 5.92 Å². The predicted octanol–water partition coefficient (Wildman–Crippen LogP) is 4.03. The van der Waals surface area contributed by atoms with E-state index in [-0.39, 0.29) is 0 Å². The third-order valence-corrected chi connectivity index (χ3v) is 3.13. The lowest BCUT2D eigenvalue weighted by atomic mass is 10.0. The van der Waals surface area contributed by atoms with Gasteiger partial charge in [0, 0.05) is 11.4 Å². The van der Waals surface area contributed by atoms with Crippen molar-refractivity contribution in [2.45, 2.75) is 39.5 Å². The summed E-state index contributed by atoms with van der Waals surface area (Å²) >= 11 is 0. The van der Waals surface area contributed by atoms with E-state index in [0.717, 1.165) is 12.8 Å². The molecule has 4 nitrogen and oxygen atoms in total. The van der Waals surface area contributed by atoms with Gasteiger partial charge < -0.3 is 10.5 Å². The van der Waals surface area contributed by atoms with Gasteiger partial charge in [-0.3, -0.25) is 5.32 Å². The molecule has 0 saturated carbocycles. The number of rotatable bonds is 7. The summed E-state index contributed by atoms with van der Waals surface area (Å²) in [5.41, 5.74) is 6.92. The molecular formula is C15H24N2O2. The van der Waals surface area contributed by atoms with E-state index in [2.05, 4.69) is 19.2 Å². The molecule has 0 radical (unpaired) electrons. The lowest BCUT2D eigenvalue weighted by molar-refractivity contribution is 0.136. The van der Waals surface area contributed by atoms with Crippen molar-refractivity contribution in [3.63, 3.8) is 0 Å². The van der Waals surface area contributed by atoms with Crippen molar-refractivity contribution in [1.29, 1.82) is 0 Å². The first kappa shape index (κ1) is 15.3. The summed E-state index contributed by atoms with van der Waals surface area (Å²) in [6.07, 6.45) is 4.08. The van der Waals surface area contributed by atoms with Crippen molar-refractivity contribution in [3.05, 3.63) is 24.3 Å². The Balaban J connectivity index is 2.34. The lowest BCUT2D eigenvalue weighted by Gasteiger charge is -2.15. The Kier molecular flexibility index (Phi) is 6.79. The van der Waals surface area contributed by atoms with E-state index in [0.29, 0.717) is 23.9 Å². The number of nitrogen functional groups attached to an aromatic ring is 1. The van der Waals surface area contributed by atoms with Crippen LogP contribution in [0, 0.1) is 5.92 Å². The first-order chi connectivity index (χ1) is 9.15. The summed E-state index contributed by atoms with van der Waals surface area (Å²) in [4.78, 5) is 11.6. The maximum atomic E-state index is 11.6. The summed E-state index contributed by atoms with van der Waals surface area (Å²) in [6, 6.07) is 7.05. The van der Waals surface area contributed by atoms with Gasteiger partial charge in [-0.15, -0.1) is 0 Å². The molecule has 0 aliphatic rings. The average Bonchev–Trinajstić information content (AvgIpc) is 2.39. The fourth-order valence-electron chi connectivity index (χ4n) is 1.86. The molecule has 1 atom stereocenters. The highest BCUT2D eigenvalue weighted by Gasteiger charge is 2.10. The second kappa shape index (κ2) is 8.40. The van der Waals surface area contributed by atoms with Gasteiger partial charge in [-0.05, 0) is 30.5 Å². The number of ether oxygens (including phenoxy) is 1. The van der Waals surface area contributed by atoms with Crippen LogP contribution in [0.3, 0.4) is 0 Å². The van der Waals surface area contributed by atoms with Gasteiger partial charge in [0.15, 0.2) is 0 Å². The Morgan fingerprint density at radius 2 is 2.21 bits per heavy atom. The van der Waals surface area contributed by atoms with Crippen LogP contribution in [-0.2, 0) is 4.74 Å².